The van der Waals surface area contributed by atoms with E-state index in [2.05, 4.69) is 5.10 Å². The van der Waals surface area contributed by atoms with Crippen molar-refractivity contribution in [3.05, 3.63) is 81.7 Å². The maximum absolute atomic E-state index is 12.5. The number of anilines is 1. The van der Waals surface area contributed by atoms with E-state index < -0.39 is 21.4 Å². The molecule has 0 aliphatic carbocycles. The molecule has 2 aromatic carbocycles. The molecular weight excluding hydrogens is 468 g/mol. The van der Waals surface area contributed by atoms with E-state index in [0.29, 0.717) is 21.3 Å². The average Bonchev–Trinajstić information content (AvgIpc) is 3.35. The van der Waals surface area contributed by atoms with E-state index in [1.807, 2.05) is 31.2 Å². The van der Waals surface area contributed by atoms with Crippen LogP contribution in [0.3, 0.4) is 0 Å². The van der Waals surface area contributed by atoms with E-state index in [1.165, 1.54) is 17.1 Å². The number of amides is 1. The summed E-state index contributed by atoms with van der Waals surface area (Å²) in [5.41, 5.74) is 3.99. The SMILES string of the molecule is Cc1ccc(C2=NN(c3ccc(CC(=O)CS(=O)(=O)c4ccc(Cl)s4)cc3)C(=O)C2)cc1. The number of thiophene rings is 1. The Kier molecular flexibility index (Phi) is 6.28. The fourth-order valence-electron chi connectivity index (χ4n) is 3.32. The molecule has 0 N–H and O–H groups in total. The number of sulfone groups is 1. The van der Waals surface area contributed by atoms with Crippen LogP contribution in [0.15, 0.2) is 70.0 Å². The van der Waals surface area contributed by atoms with Gasteiger partial charge in [-0.3, -0.25) is 9.59 Å². The first-order valence-electron chi connectivity index (χ1n) is 9.77. The molecule has 0 fully saturated rings. The maximum Gasteiger partial charge on any atom is 0.253 e. The van der Waals surface area contributed by atoms with Crippen LogP contribution < -0.4 is 5.01 Å². The topological polar surface area (TPSA) is 83.9 Å². The first kappa shape index (κ1) is 22.4. The highest BCUT2D eigenvalue weighted by Crippen LogP contribution is 2.27. The Balaban J connectivity index is 1.43. The van der Waals surface area contributed by atoms with E-state index in [4.69, 9.17) is 11.6 Å². The second kappa shape index (κ2) is 8.97. The summed E-state index contributed by atoms with van der Waals surface area (Å²) < 4.78 is 25.1. The Labute approximate surface area is 195 Å². The van der Waals surface area contributed by atoms with Crippen LogP contribution in [0.25, 0.3) is 0 Å². The van der Waals surface area contributed by atoms with Gasteiger partial charge >= 0.3 is 0 Å². The number of hydrogen-bond donors (Lipinski definition) is 0. The molecule has 4 rings (SSSR count). The Morgan fingerprint density at radius 3 is 2.38 bits per heavy atom. The van der Waals surface area contributed by atoms with Crippen molar-refractivity contribution in [3.63, 3.8) is 0 Å². The number of hydrogen-bond acceptors (Lipinski definition) is 6. The molecule has 6 nitrogen and oxygen atoms in total. The number of nitrogens with zero attached hydrogens (tertiary/aromatic N) is 2. The summed E-state index contributed by atoms with van der Waals surface area (Å²) in [6.07, 6.45) is 0.193. The van der Waals surface area contributed by atoms with Gasteiger partial charge < -0.3 is 0 Å². The average molecular weight is 487 g/mol. The van der Waals surface area contributed by atoms with Gasteiger partial charge in [-0.25, -0.2) is 13.4 Å². The molecule has 0 radical (unpaired) electrons. The zero-order valence-electron chi connectivity index (χ0n) is 17.1. The van der Waals surface area contributed by atoms with Gasteiger partial charge in [0.05, 0.1) is 22.2 Å². The van der Waals surface area contributed by atoms with Gasteiger partial charge in [0.2, 0.25) is 0 Å². The first-order chi connectivity index (χ1) is 15.2. The van der Waals surface area contributed by atoms with Crippen molar-refractivity contribution in [3.8, 4) is 0 Å². The normalized spacial score (nSPS) is 14.0. The lowest BCUT2D eigenvalue weighted by Crippen LogP contribution is -2.20. The minimum atomic E-state index is -3.71. The number of hydrazone groups is 1. The summed E-state index contributed by atoms with van der Waals surface area (Å²) in [7, 11) is -3.71. The predicted octanol–water partition coefficient (Wildman–Crippen LogP) is 4.44. The Bertz CT molecular complexity index is 1310. The lowest BCUT2D eigenvalue weighted by atomic mass is 10.1. The van der Waals surface area contributed by atoms with Crippen LogP contribution in [0.1, 0.15) is 23.1 Å². The van der Waals surface area contributed by atoms with Crippen molar-refractivity contribution in [2.45, 2.75) is 24.0 Å². The minimum absolute atomic E-state index is 0.0234. The van der Waals surface area contributed by atoms with E-state index in [0.717, 1.165) is 22.5 Å². The van der Waals surface area contributed by atoms with E-state index in [9.17, 15) is 18.0 Å². The molecule has 0 spiro atoms. The van der Waals surface area contributed by atoms with Gasteiger partial charge in [0.15, 0.2) is 15.6 Å². The molecule has 32 heavy (non-hydrogen) atoms. The first-order valence-corrected chi connectivity index (χ1v) is 12.6. The molecule has 0 atom stereocenters. The Morgan fingerprint density at radius 1 is 1.06 bits per heavy atom. The summed E-state index contributed by atoms with van der Waals surface area (Å²) in [6, 6.07) is 17.6. The summed E-state index contributed by atoms with van der Waals surface area (Å²) >= 11 is 6.73. The van der Waals surface area contributed by atoms with Gasteiger partial charge in [-0.05, 0) is 42.3 Å². The number of ketones is 1. The predicted molar refractivity (Wildman–Crippen MR) is 126 cm³/mol. The zero-order chi connectivity index (χ0) is 22.9. The van der Waals surface area contributed by atoms with Crippen LogP contribution >= 0.6 is 22.9 Å². The third-order valence-corrected chi connectivity index (χ3v) is 8.44. The van der Waals surface area contributed by atoms with Gasteiger partial charge in [0.25, 0.3) is 5.91 Å². The van der Waals surface area contributed by atoms with Crippen molar-refractivity contribution in [1.29, 1.82) is 0 Å². The molecule has 164 valence electrons. The molecule has 2 heterocycles. The Morgan fingerprint density at radius 2 is 1.75 bits per heavy atom. The molecule has 0 unspecified atom stereocenters. The maximum atomic E-state index is 12.5. The number of halogens is 1. The minimum Gasteiger partial charge on any atom is -0.298 e. The third kappa shape index (κ3) is 4.98. The van der Waals surface area contributed by atoms with Crippen LogP contribution in [0.4, 0.5) is 5.69 Å². The quantitative estimate of drug-likeness (QED) is 0.494. The Hall–Kier alpha value is -2.81. The van der Waals surface area contributed by atoms with Crippen molar-refractivity contribution in [1.82, 2.24) is 0 Å². The van der Waals surface area contributed by atoms with E-state index in [1.54, 1.807) is 24.3 Å². The number of benzene rings is 2. The zero-order valence-corrected chi connectivity index (χ0v) is 19.5. The van der Waals surface area contributed by atoms with Gasteiger partial charge in [-0.1, -0.05) is 53.6 Å². The van der Waals surface area contributed by atoms with Gasteiger partial charge in [-0.2, -0.15) is 5.10 Å². The summed E-state index contributed by atoms with van der Waals surface area (Å²) in [5.74, 6) is -1.13. The second-order valence-corrected chi connectivity index (χ2v) is 11.4. The molecule has 1 aromatic heterocycles. The van der Waals surface area contributed by atoms with Crippen molar-refractivity contribution >= 4 is 55.9 Å². The fraction of sp³-hybridized carbons (Fsp3) is 0.174. The number of carbonyl (C=O) groups excluding carboxylic acids is 2. The fourth-order valence-corrected chi connectivity index (χ4v) is 6.13. The summed E-state index contributed by atoms with van der Waals surface area (Å²) in [5, 5.41) is 5.81. The van der Waals surface area contributed by atoms with Crippen LogP contribution in [-0.4, -0.2) is 31.6 Å². The molecule has 9 heteroatoms. The van der Waals surface area contributed by atoms with Crippen LogP contribution in [0.5, 0.6) is 0 Å². The number of Topliss-reactive ketones (excluding diaryl/α,β-unsaturated/α-hetero) is 1. The highest BCUT2D eigenvalue weighted by molar-refractivity contribution is 7.94. The molecule has 1 aliphatic rings. The molecule has 1 aliphatic heterocycles. The number of aryl methyl sites for hydroxylation is 1. The van der Waals surface area contributed by atoms with Crippen LogP contribution in [0, 0.1) is 6.92 Å². The molecule has 0 saturated carbocycles. The number of carbonyl (C=O) groups is 2. The standard InChI is InChI=1S/C23H19ClN2O4S2/c1-15-2-6-17(7-3-15)20-13-22(28)26(25-20)18-8-4-16(5-9-18)12-19(27)14-32(29,30)23-11-10-21(24)31-23/h2-11H,12-14H2,1H3. The lowest BCUT2D eigenvalue weighted by molar-refractivity contribution is -0.117. The van der Waals surface area contributed by atoms with Gasteiger partial charge in [0, 0.05) is 6.42 Å². The van der Waals surface area contributed by atoms with Crippen molar-refractivity contribution in [2.75, 3.05) is 10.8 Å². The molecule has 0 saturated heterocycles. The third-order valence-electron chi connectivity index (χ3n) is 4.95. The van der Waals surface area contributed by atoms with Gasteiger partial charge in [-0.15, -0.1) is 11.3 Å². The van der Waals surface area contributed by atoms with Crippen molar-refractivity contribution in [2.24, 2.45) is 5.10 Å². The van der Waals surface area contributed by atoms with E-state index >= 15 is 0 Å². The monoisotopic (exact) mass is 486 g/mol. The largest absolute Gasteiger partial charge is 0.298 e. The molecule has 1 amide bonds. The van der Waals surface area contributed by atoms with Crippen LogP contribution in [0.2, 0.25) is 4.34 Å². The molecule has 0 bridgehead atoms. The van der Waals surface area contributed by atoms with Crippen molar-refractivity contribution < 1.29 is 18.0 Å². The number of rotatable bonds is 7. The smallest absolute Gasteiger partial charge is 0.253 e. The molecular formula is C23H19ClN2O4S2. The summed E-state index contributed by atoms with van der Waals surface area (Å²) in [6.45, 7) is 2.00. The highest BCUT2D eigenvalue weighted by atomic mass is 35.5. The molecule has 3 aromatic rings. The lowest BCUT2D eigenvalue weighted by Gasteiger charge is -2.12. The van der Waals surface area contributed by atoms with Gasteiger partial charge in [0.1, 0.15) is 9.96 Å². The van der Waals surface area contributed by atoms with E-state index in [-0.39, 0.29) is 23.0 Å². The second-order valence-electron chi connectivity index (χ2n) is 7.49. The highest BCUT2D eigenvalue weighted by Gasteiger charge is 2.26. The van der Waals surface area contributed by atoms with Crippen LogP contribution in [-0.2, 0) is 25.8 Å². The summed E-state index contributed by atoms with van der Waals surface area (Å²) in [4.78, 5) is 24.8.